The number of nitrogens with zero attached hydrogens (tertiary/aromatic N) is 2. The van der Waals surface area contributed by atoms with Crippen LogP contribution in [0.2, 0.25) is 0 Å². The number of morpholine rings is 1. The Morgan fingerprint density at radius 1 is 1.12 bits per heavy atom. The predicted octanol–water partition coefficient (Wildman–Crippen LogP) is 2.44. The zero-order chi connectivity index (χ0) is 16.8. The number of aliphatic hydroxyl groups excluding tert-OH is 1. The minimum Gasteiger partial charge on any atom is -0.388 e. The summed E-state index contributed by atoms with van der Waals surface area (Å²) in [5, 5.41) is 10.4. The first-order valence-corrected chi connectivity index (χ1v) is 9.20. The largest absolute Gasteiger partial charge is 0.388 e. The third kappa shape index (κ3) is 4.99. The van der Waals surface area contributed by atoms with Gasteiger partial charge in [0.1, 0.15) is 5.82 Å². The smallest absolute Gasteiger partial charge is 0.123 e. The number of likely N-dealkylation sites (tertiary alicyclic amines) is 1. The Labute approximate surface area is 144 Å². The lowest BCUT2D eigenvalue weighted by Crippen LogP contribution is -2.39. The first-order chi connectivity index (χ1) is 11.7. The number of ether oxygens (including phenoxy) is 1. The molecule has 5 heteroatoms. The van der Waals surface area contributed by atoms with Crippen molar-refractivity contribution >= 4 is 0 Å². The van der Waals surface area contributed by atoms with Crippen LogP contribution < -0.4 is 0 Å². The first-order valence-electron chi connectivity index (χ1n) is 9.20. The maximum Gasteiger partial charge on any atom is 0.123 e. The van der Waals surface area contributed by atoms with Crippen LogP contribution in [0.15, 0.2) is 24.3 Å². The van der Waals surface area contributed by atoms with Crippen LogP contribution in [0.1, 0.15) is 37.4 Å². The second-order valence-electron chi connectivity index (χ2n) is 6.94. The normalized spacial score (nSPS) is 24.3. The summed E-state index contributed by atoms with van der Waals surface area (Å²) in [5.41, 5.74) is 0.816. The molecule has 1 N–H and O–H groups in total. The van der Waals surface area contributed by atoms with Crippen LogP contribution in [0, 0.1) is 5.82 Å². The van der Waals surface area contributed by atoms with Crippen LogP contribution in [0.25, 0.3) is 0 Å². The Morgan fingerprint density at radius 3 is 2.62 bits per heavy atom. The monoisotopic (exact) mass is 336 g/mol. The Balaban J connectivity index is 1.43. The van der Waals surface area contributed by atoms with Crippen molar-refractivity contribution in [1.82, 2.24) is 9.80 Å². The summed E-state index contributed by atoms with van der Waals surface area (Å²) >= 11 is 0. The van der Waals surface area contributed by atoms with E-state index in [1.54, 1.807) is 12.1 Å². The molecule has 3 rings (SSSR count). The molecule has 0 spiro atoms. The molecule has 2 saturated heterocycles. The van der Waals surface area contributed by atoms with E-state index in [1.165, 1.54) is 25.0 Å². The van der Waals surface area contributed by atoms with Crippen molar-refractivity contribution < 1.29 is 14.2 Å². The predicted molar refractivity (Wildman–Crippen MR) is 92.4 cm³/mol. The zero-order valence-electron chi connectivity index (χ0n) is 14.4. The highest BCUT2D eigenvalue weighted by Gasteiger charge is 2.27. The number of aliphatic hydroxyl groups is 1. The average Bonchev–Trinajstić information content (AvgIpc) is 3.03. The minimum atomic E-state index is -0.504. The summed E-state index contributed by atoms with van der Waals surface area (Å²) in [6.07, 6.45) is 3.76. The quantitative estimate of drug-likeness (QED) is 0.830. The molecule has 0 bridgehead atoms. The van der Waals surface area contributed by atoms with Gasteiger partial charge in [-0.25, -0.2) is 4.39 Å². The van der Waals surface area contributed by atoms with E-state index >= 15 is 0 Å². The summed E-state index contributed by atoms with van der Waals surface area (Å²) in [6, 6.07) is 6.67. The van der Waals surface area contributed by atoms with Gasteiger partial charge >= 0.3 is 0 Å². The van der Waals surface area contributed by atoms with Gasteiger partial charge in [0.25, 0.3) is 0 Å². The molecule has 2 atom stereocenters. The number of hydrogen-bond donors (Lipinski definition) is 1. The molecule has 2 aliphatic rings. The summed E-state index contributed by atoms with van der Waals surface area (Å²) in [4.78, 5) is 5.00. The standard InChI is InChI=1S/C19H29FN2O2/c20-17-6-4-16(5-7-17)19(23)15-18-3-1-9-22(18)10-2-8-21-11-13-24-14-12-21/h4-7,18-19,23H,1-3,8-15H2. The van der Waals surface area contributed by atoms with Gasteiger partial charge in [0.2, 0.25) is 0 Å². The van der Waals surface area contributed by atoms with E-state index in [0.717, 1.165) is 64.3 Å². The maximum atomic E-state index is 13.0. The molecular weight excluding hydrogens is 307 g/mol. The van der Waals surface area contributed by atoms with Crippen molar-refractivity contribution in [3.8, 4) is 0 Å². The molecule has 2 unspecified atom stereocenters. The Kier molecular flexibility index (Phi) is 6.60. The first kappa shape index (κ1) is 17.8. The molecule has 134 valence electrons. The summed E-state index contributed by atoms with van der Waals surface area (Å²) in [6.45, 7) is 7.17. The van der Waals surface area contributed by atoms with Gasteiger partial charge < -0.3 is 14.7 Å². The molecule has 0 radical (unpaired) electrons. The molecule has 1 aromatic carbocycles. The molecule has 1 aromatic rings. The number of benzene rings is 1. The summed E-state index contributed by atoms with van der Waals surface area (Å²) < 4.78 is 18.4. The van der Waals surface area contributed by atoms with Crippen molar-refractivity contribution in [2.24, 2.45) is 0 Å². The Bertz CT molecular complexity index is 491. The van der Waals surface area contributed by atoms with Crippen molar-refractivity contribution in [1.29, 1.82) is 0 Å². The van der Waals surface area contributed by atoms with Gasteiger partial charge in [-0.05, 0) is 63.0 Å². The van der Waals surface area contributed by atoms with Crippen LogP contribution in [0.5, 0.6) is 0 Å². The molecule has 2 aliphatic heterocycles. The zero-order valence-corrected chi connectivity index (χ0v) is 14.4. The summed E-state index contributed by atoms with van der Waals surface area (Å²) in [7, 11) is 0. The molecule has 0 aliphatic carbocycles. The van der Waals surface area contributed by atoms with Gasteiger partial charge in [-0.2, -0.15) is 0 Å². The van der Waals surface area contributed by atoms with Gasteiger partial charge in [-0.3, -0.25) is 4.90 Å². The van der Waals surface area contributed by atoms with Crippen molar-refractivity contribution in [2.75, 3.05) is 45.9 Å². The van der Waals surface area contributed by atoms with E-state index in [1.807, 2.05) is 0 Å². The van der Waals surface area contributed by atoms with Gasteiger partial charge in [0, 0.05) is 19.1 Å². The third-order valence-corrected chi connectivity index (χ3v) is 5.27. The highest BCUT2D eigenvalue weighted by molar-refractivity contribution is 5.18. The topological polar surface area (TPSA) is 35.9 Å². The van der Waals surface area contributed by atoms with Crippen LogP contribution in [0.3, 0.4) is 0 Å². The van der Waals surface area contributed by atoms with Gasteiger partial charge in [-0.1, -0.05) is 12.1 Å². The molecule has 4 nitrogen and oxygen atoms in total. The van der Waals surface area contributed by atoms with E-state index in [2.05, 4.69) is 9.80 Å². The number of rotatable bonds is 7. The fraction of sp³-hybridized carbons (Fsp3) is 0.684. The molecule has 0 aromatic heterocycles. The van der Waals surface area contributed by atoms with Crippen LogP contribution in [-0.2, 0) is 4.74 Å². The van der Waals surface area contributed by atoms with E-state index < -0.39 is 6.10 Å². The van der Waals surface area contributed by atoms with Crippen LogP contribution >= 0.6 is 0 Å². The maximum absolute atomic E-state index is 13.0. The number of halogens is 1. The molecule has 0 amide bonds. The highest BCUT2D eigenvalue weighted by atomic mass is 19.1. The summed E-state index contributed by atoms with van der Waals surface area (Å²) in [5.74, 6) is -0.253. The van der Waals surface area contributed by atoms with Gasteiger partial charge in [-0.15, -0.1) is 0 Å². The van der Waals surface area contributed by atoms with E-state index in [0.29, 0.717) is 6.04 Å². The molecule has 2 fully saturated rings. The molecule has 2 heterocycles. The lowest BCUT2D eigenvalue weighted by molar-refractivity contribution is 0.0354. The third-order valence-electron chi connectivity index (χ3n) is 5.27. The lowest BCUT2D eigenvalue weighted by atomic mass is 10.0. The van der Waals surface area contributed by atoms with E-state index in [9.17, 15) is 9.50 Å². The minimum absolute atomic E-state index is 0.253. The van der Waals surface area contributed by atoms with E-state index in [4.69, 9.17) is 4.74 Å². The van der Waals surface area contributed by atoms with E-state index in [-0.39, 0.29) is 5.82 Å². The van der Waals surface area contributed by atoms with Gasteiger partial charge in [0.15, 0.2) is 0 Å². The molecule has 0 saturated carbocycles. The van der Waals surface area contributed by atoms with Gasteiger partial charge in [0.05, 0.1) is 19.3 Å². The van der Waals surface area contributed by atoms with Crippen LogP contribution in [0.4, 0.5) is 4.39 Å². The second-order valence-corrected chi connectivity index (χ2v) is 6.94. The average molecular weight is 336 g/mol. The number of hydrogen-bond acceptors (Lipinski definition) is 4. The Morgan fingerprint density at radius 2 is 1.88 bits per heavy atom. The fourth-order valence-corrected chi connectivity index (χ4v) is 3.86. The van der Waals surface area contributed by atoms with Crippen molar-refractivity contribution in [3.05, 3.63) is 35.6 Å². The fourth-order valence-electron chi connectivity index (χ4n) is 3.86. The van der Waals surface area contributed by atoms with Crippen molar-refractivity contribution in [2.45, 2.75) is 37.8 Å². The lowest BCUT2D eigenvalue weighted by Gasteiger charge is -2.29. The molecule has 24 heavy (non-hydrogen) atoms. The molecular formula is C19H29FN2O2. The SMILES string of the molecule is OC(CC1CCCN1CCCN1CCOCC1)c1ccc(F)cc1. The van der Waals surface area contributed by atoms with Crippen LogP contribution in [-0.4, -0.2) is 66.9 Å². The second kappa shape index (κ2) is 8.90. The highest BCUT2D eigenvalue weighted by Crippen LogP contribution is 2.27. The Hall–Kier alpha value is -1.01. The van der Waals surface area contributed by atoms with Crippen molar-refractivity contribution in [3.63, 3.8) is 0 Å².